The Morgan fingerprint density at radius 1 is 1.14 bits per heavy atom. The number of methoxy groups -OCH3 is 1. The summed E-state index contributed by atoms with van der Waals surface area (Å²) in [4.78, 5) is 4.37. The first-order valence-corrected chi connectivity index (χ1v) is 8.58. The smallest absolute Gasteiger partial charge is 0.387 e. The normalized spacial score (nSPS) is 11.0. The van der Waals surface area contributed by atoms with Gasteiger partial charge >= 0.3 is 6.61 Å². The molecule has 1 aromatic heterocycles. The number of nitrogens with zero attached hydrogens (tertiary/aromatic N) is 1. The summed E-state index contributed by atoms with van der Waals surface area (Å²) in [7, 11) is 1.40. The second-order valence-electron chi connectivity index (χ2n) is 5.90. The van der Waals surface area contributed by atoms with Gasteiger partial charge in [0.1, 0.15) is 12.1 Å². The quantitative estimate of drug-likeness (QED) is 0.546. The van der Waals surface area contributed by atoms with Crippen LogP contribution < -0.4 is 14.8 Å². The summed E-state index contributed by atoms with van der Waals surface area (Å²) in [6.07, 6.45) is 2.11. The summed E-state index contributed by atoms with van der Waals surface area (Å²) in [6.45, 7) is -2.07. The number of benzene rings is 2. The number of hydrogen-bond donors (Lipinski definition) is 1. The van der Waals surface area contributed by atoms with E-state index in [0.29, 0.717) is 36.5 Å². The van der Waals surface area contributed by atoms with Crippen molar-refractivity contribution >= 4 is 0 Å². The maximum absolute atomic E-state index is 13.0. The molecule has 8 heteroatoms. The topological polar surface area (TPSA) is 56.5 Å². The molecule has 0 atom stereocenters. The number of oxazole rings is 1. The second kappa shape index (κ2) is 9.27. The van der Waals surface area contributed by atoms with Gasteiger partial charge < -0.3 is 19.2 Å². The number of hydrogen-bond acceptors (Lipinski definition) is 5. The molecule has 0 aliphatic heterocycles. The number of para-hydroxylation sites is 1. The van der Waals surface area contributed by atoms with E-state index >= 15 is 0 Å². The number of aromatic nitrogens is 1. The van der Waals surface area contributed by atoms with Gasteiger partial charge in [-0.3, -0.25) is 0 Å². The number of rotatable bonds is 9. The van der Waals surface area contributed by atoms with E-state index in [4.69, 9.17) is 9.15 Å². The third-order valence-corrected chi connectivity index (χ3v) is 4.00. The summed E-state index contributed by atoms with van der Waals surface area (Å²) in [5.74, 6) is 0.357. The molecule has 0 fully saturated rings. The van der Waals surface area contributed by atoms with E-state index in [1.807, 2.05) is 0 Å². The van der Waals surface area contributed by atoms with Crippen LogP contribution in [0.3, 0.4) is 0 Å². The zero-order valence-electron chi connectivity index (χ0n) is 15.1. The first-order valence-electron chi connectivity index (χ1n) is 8.58. The van der Waals surface area contributed by atoms with Crippen LogP contribution >= 0.6 is 0 Å². The summed E-state index contributed by atoms with van der Waals surface area (Å²) >= 11 is 0. The monoisotopic (exact) mass is 392 g/mol. The number of ether oxygens (including phenoxy) is 2. The van der Waals surface area contributed by atoms with Crippen LogP contribution in [0.5, 0.6) is 11.5 Å². The lowest BCUT2D eigenvalue weighted by atomic mass is 10.2. The lowest BCUT2D eigenvalue weighted by Crippen LogP contribution is -2.18. The van der Waals surface area contributed by atoms with E-state index in [1.54, 1.807) is 30.3 Å². The van der Waals surface area contributed by atoms with Crippen LogP contribution in [-0.4, -0.2) is 25.3 Å². The van der Waals surface area contributed by atoms with E-state index in [0.717, 1.165) is 5.69 Å². The van der Waals surface area contributed by atoms with E-state index in [9.17, 15) is 13.2 Å². The second-order valence-corrected chi connectivity index (χ2v) is 5.90. The van der Waals surface area contributed by atoms with E-state index in [1.165, 1.54) is 25.5 Å². The zero-order valence-corrected chi connectivity index (χ0v) is 15.1. The summed E-state index contributed by atoms with van der Waals surface area (Å²) < 4.78 is 53.4. The van der Waals surface area contributed by atoms with Crippen LogP contribution in [0.2, 0.25) is 0 Å². The molecular formula is C20H19F3N2O3. The van der Waals surface area contributed by atoms with E-state index in [-0.39, 0.29) is 17.3 Å². The highest BCUT2D eigenvalue weighted by Crippen LogP contribution is 2.32. The van der Waals surface area contributed by atoms with Gasteiger partial charge in [0.2, 0.25) is 5.89 Å². The zero-order chi connectivity index (χ0) is 19.9. The average molecular weight is 392 g/mol. The Balaban J connectivity index is 1.56. The molecule has 5 nitrogen and oxygen atoms in total. The van der Waals surface area contributed by atoms with Gasteiger partial charge in [-0.25, -0.2) is 9.37 Å². The number of alkyl halides is 2. The van der Waals surface area contributed by atoms with Gasteiger partial charge in [-0.15, -0.1) is 0 Å². The molecule has 28 heavy (non-hydrogen) atoms. The predicted octanol–water partition coefficient (Wildman–Crippen LogP) is 4.42. The maximum Gasteiger partial charge on any atom is 0.387 e. The maximum atomic E-state index is 13.0. The Morgan fingerprint density at radius 3 is 2.64 bits per heavy atom. The summed E-state index contributed by atoms with van der Waals surface area (Å²) in [6, 6.07) is 10.8. The molecule has 0 amide bonds. The fraction of sp³-hybridized carbons (Fsp3) is 0.250. The summed E-state index contributed by atoms with van der Waals surface area (Å²) in [5.41, 5.74) is 1.97. The molecule has 2 aromatic carbocycles. The third kappa shape index (κ3) is 5.04. The van der Waals surface area contributed by atoms with Gasteiger partial charge in [-0.05, 0) is 30.3 Å². The lowest BCUT2D eigenvalue weighted by Gasteiger charge is -2.14. The molecule has 0 spiro atoms. The van der Waals surface area contributed by atoms with E-state index < -0.39 is 6.61 Å². The molecule has 148 valence electrons. The van der Waals surface area contributed by atoms with Crippen molar-refractivity contribution in [3.8, 4) is 23.0 Å². The van der Waals surface area contributed by atoms with Crippen LogP contribution in [0.15, 0.2) is 53.1 Å². The Bertz CT molecular complexity index is 898. The van der Waals surface area contributed by atoms with E-state index in [2.05, 4.69) is 15.0 Å². The van der Waals surface area contributed by atoms with Crippen molar-refractivity contribution in [2.75, 3.05) is 13.7 Å². The highest BCUT2D eigenvalue weighted by atomic mass is 19.3. The van der Waals surface area contributed by atoms with Crippen molar-refractivity contribution < 1.29 is 27.1 Å². The van der Waals surface area contributed by atoms with Gasteiger partial charge in [0, 0.05) is 30.6 Å². The first-order chi connectivity index (χ1) is 13.6. The molecule has 1 N–H and O–H groups in total. The van der Waals surface area contributed by atoms with Gasteiger partial charge in [0.05, 0.1) is 12.8 Å². The van der Waals surface area contributed by atoms with Crippen molar-refractivity contribution in [3.63, 3.8) is 0 Å². The molecule has 0 aliphatic carbocycles. The van der Waals surface area contributed by atoms with Gasteiger partial charge in [0.15, 0.2) is 11.5 Å². The molecule has 0 bridgehead atoms. The van der Waals surface area contributed by atoms with Crippen LogP contribution in [0.1, 0.15) is 11.3 Å². The standard InChI is InChI=1S/C20H19F3N2O3/c1-26-17-4-2-3-14(18(17)28-20(22)23)11-24-10-9-16-12-27-19(25-16)13-5-7-15(21)8-6-13/h2-8,12,20,24H,9-11H2,1H3. The van der Waals surface area contributed by atoms with Crippen molar-refractivity contribution in [2.24, 2.45) is 0 Å². The van der Waals surface area contributed by atoms with Crippen LogP contribution in [0, 0.1) is 5.82 Å². The Kier molecular flexibility index (Phi) is 6.54. The Hall–Kier alpha value is -3.00. The van der Waals surface area contributed by atoms with Crippen molar-refractivity contribution in [3.05, 3.63) is 65.8 Å². The third-order valence-electron chi connectivity index (χ3n) is 4.00. The molecule has 0 saturated carbocycles. The van der Waals surface area contributed by atoms with Gasteiger partial charge in [-0.2, -0.15) is 8.78 Å². The highest BCUT2D eigenvalue weighted by molar-refractivity contribution is 5.52. The van der Waals surface area contributed by atoms with Gasteiger partial charge in [0.25, 0.3) is 0 Å². The highest BCUT2D eigenvalue weighted by Gasteiger charge is 2.15. The largest absolute Gasteiger partial charge is 0.493 e. The SMILES string of the molecule is COc1cccc(CNCCc2coc(-c3ccc(F)cc3)n2)c1OC(F)F. The molecule has 0 radical (unpaired) electrons. The minimum Gasteiger partial charge on any atom is -0.493 e. The van der Waals surface area contributed by atoms with Crippen LogP contribution in [0.4, 0.5) is 13.2 Å². The molecule has 3 rings (SSSR count). The molecule has 0 aliphatic rings. The minimum atomic E-state index is -2.94. The minimum absolute atomic E-state index is 0.0209. The molecule has 1 heterocycles. The molecule has 0 unspecified atom stereocenters. The average Bonchev–Trinajstić information content (AvgIpc) is 3.15. The Morgan fingerprint density at radius 2 is 1.93 bits per heavy atom. The van der Waals surface area contributed by atoms with Crippen molar-refractivity contribution in [2.45, 2.75) is 19.6 Å². The fourth-order valence-corrected chi connectivity index (χ4v) is 2.67. The molecular weight excluding hydrogens is 373 g/mol. The molecule has 0 saturated heterocycles. The first kappa shape index (κ1) is 19.8. The summed E-state index contributed by atoms with van der Waals surface area (Å²) in [5, 5.41) is 3.16. The fourth-order valence-electron chi connectivity index (χ4n) is 2.67. The van der Waals surface area contributed by atoms with Crippen LogP contribution in [-0.2, 0) is 13.0 Å². The van der Waals surface area contributed by atoms with Crippen molar-refractivity contribution in [1.82, 2.24) is 10.3 Å². The Labute approximate surface area is 160 Å². The van der Waals surface area contributed by atoms with Gasteiger partial charge in [-0.1, -0.05) is 12.1 Å². The lowest BCUT2D eigenvalue weighted by molar-refractivity contribution is -0.0518. The number of halogens is 3. The molecule has 3 aromatic rings. The number of nitrogens with one attached hydrogen (secondary N) is 1. The predicted molar refractivity (Wildman–Crippen MR) is 96.9 cm³/mol. The van der Waals surface area contributed by atoms with Crippen molar-refractivity contribution in [1.29, 1.82) is 0 Å². The van der Waals surface area contributed by atoms with Crippen LogP contribution in [0.25, 0.3) is 11.5 Å².